The molecule has 1 aromatic carbocycles. The minimum Gasteiger partial charge on any atom is -0.465 e. The van der Waals surface area contributed by atoms with Crippen LogP contribution in [0, 0.1) is 0 Å². The first-order valence-corrected chi connectivity index (χ1v) is 5.29. The summed E-state index contributed by atoms with van der Waals surface area (Å²) in [5, 5.41) is 0. The van der Waals surface area contributed by atoms with Gasteiger partial charge in [0.1, 0.15) is 0 Å². The zero-order valence-corrected chi connectivity index (χ0v) is 8.71. The third kappa shape index (κ3) is 2.27. The van der Waals surface area contributed by atoms with Crippen LogP contribution < -0.4 is 0 Å². The number of nitrogens with zero attached hydrogens (tertiary/aromatic N) is 1. The minimum atomic E-state index is -0.280. The average molecular weight is 209 g/mol. The smallest absolute Gasteiger partial charge is 0.337 e. The highest BCUT2D eigenvalue weighted by atomic mass is 32.2. The first-order valence-electron chi connectivity index (χ1n) is 4.35. The van der Waals surface area contributed by atoms with Crippen LogP contribution in [0.4, 0.5) is 0 Å². The van der Waals surface area contributed by atoms with Gasteiger partial charge in [-0.1, -0.05) is 24.1 Å². The van der Waals surface area contributed by atoms with Crippen LogP contribution in [0.1, 0.15) is 15.9 Å². The molecule has 1 aliphatic heterocycles. The summed E-state index contributed by atoms with van der Waals surface area (Å²) < 4.78 is 6.86. The summed E-state index contributed by atoms with van der Waals surface area (Å²) in [7, 11) is 1.39. The van der Waals surface area contributed by atoms with Crippen molar-refractivity contribution in [2.75, 3.05) is 13.0 Å². The molecule has 1 saturated heterocycles. The fourth-order valence-electron chi connectivity index (χ4n) is 1.20. The van der Waals surface area contributed by atoms with Crippen molar-refractivity contribution in [1.29, 1.82) is 0 Å². The lowest BCUT2D eigenvalue weighted by molar-refractivity contribution is 0.0600. The lowest BCUT2D eigenvalue weighted by atomic mass is 10.1. The third-order valence-corrected chi connectivity index (χ3v) is 2.80. The molecule has 14 heavy (non-hydrogen) atoms. The van der Waals surface area contributed by atoms with Crippen LogP contribution in [0.2, 0.25) is 0 Å². The van der Waals surface area contributed by atoms with Crippen LogP contribution in [0.3, 0.4) is 0 Å². The first kappa shape index (κ1) is 9.55. The number of hydrogen-bond acceptors (Lipinski definition) is 4. The summed E-state index contributed by atoms with van der Waals surface area (Å²) >= 11 is 1.82. The normalized spacial score (nSPS) is 19.1. The van der Waals surface area contributed by atoms with Gasteiger partial charge >= 0.3 is 5.97 Å². The molecule has 0 saturated carbocycles. The van der Waals surface area contributed by atoms with E-state index in [0.29, 0.717) is 5.56 Å². The molecule has 1 heterocycles. The Kier molecular flexibility index (Phi) is 2.74. The summed E-state index contributed by atoms with van der Waals surface area (Å²) in [5.41, 5.74) is 1.83. The SMILES string of the molecule is COC(=O)c1ccc(CN2CS2)cc1. The average Bonchev–Trinajstić information content (AvgIpc) is 3.02. The van der Waals surface area contributed by atoms with Gasteiger partial charge in [-0.2, -0.15) is 0 Å². The third-order valence-electron chi connectivity index (χ3n) is 2.05. The summed E-state index contributed by atoms with van der Waals surface area (Å²) in [4.78, 5) is 11.1. The summed E-state index contributed by atoms with van der Waals surface area (Å²) in [5.74, 6) is 0.830. The second-order valence-electron chi connectivity index (χ2n) is 3.09. The predicted octanol–water partition coefficient (Wildman–Crippen LogP) is 1.89. The maximum Gasteiger partial charge on any atom is 0.337 e. The van der Waals surface area contributed by atoms with Gasteiger partial charge in [0.2, 0.25) is 0 Å². The van der Waals surface area contributed by atoms with Crippen molar-refractivity contribution in [2.24, 2.45) is 0 Å². The Bertz CT molecular complexity index is 332. The Labute approximate surface area is 87.2 Å². The molecular formula is C10H11NO2S. The molecule has 1 atom stereocenters. The van der Waals surface area contributed by atoms with Gasteiger partial charge in [-0.15, -0.1) is 0 Å². The second kappa shape index (κ2) is 4.02. The number of carbonyl (C=O) groups is 1. The molecule has 74 valence electrons. The molecule has 0 bridgehead atoms. The lowest BCUT2D eigenvalue weighted by Crippen LogP contribution is -2.01. The molecule has 4 heteroatoms. The van der Waals surface area contributed by atoms with Crippen molar-refractivity contribution >= 4 is 17.9 Å². The maximum absolute atomic E-state index is 11.1. The first-order chi connectivity index (χ1) is 6.79. The van der Waals surface area contributed by atoms with E-state index in [1.807, 2.05) is 24.1 Å². The number of hydrogen-bond donors (Lipinski definition) is 0. The van der Waals surface area contributed by atoms with E-state index in [4.69, 9.17) is 0 Å². The highest BCUT2D eigenvalue weighted by Gasteiger charge is 2.18. The largest absolute Gasteiger partial charge is 0.465 e. The van der Waals surface area contributed by atoms with E-state index < -0.39 is 0 Å². The van der Waals surface area contributed by atoms with Crippen LogP contribution in [0.25, 0.3) is 0 Å². The lowest BCUT2D eigenvalue weighted by Gasteiger charge is -2.02. The van der Waals surface area contributed by atoms with Gasteiger partial charge in [0, 0.05) is 6.54 Å². The van der Waals surface area contributed by atoms with Gasteiger partial charge in [0.15, 0.2) is 0 Å². The standard InChI is InChI=1S/C10H11NO2S/c1-13-10(12)9-4-2-8(3-5-9)6-11-7-14-11/h2-5H,6-7H2,1H3. The molecule has 0 amide bonds. The van der Waals surface area contributed by atoms with Crippen molar-refractivity contribution in [2.45, 2.75) is 6.54 Å². The molecule has 1 aromatic rings. The number of rotatable bonds is 3. The number of ether oxygens (including phenoxy) is 1. The van der Waals surface area contributed by atoms with Crippen LogP contribution in [-0.4, -0.2) is 23.3 Å². The van der Waals surface area contributed by atoms with Crippen LogP contribution in [-0.2, 0) is 11.3 Å². The molecule has 1 unspecified atom stereocenters. The highest BCUT2D eigenvalue weighted by molar-refractivity contribution is 8.02. The Balaban J connectivity index is 2.04. The molecule has 1 fully saturated rings. The molecular weight excluding hydrogens is 198 g/mol. The van der Waals surface area contributed by atoms with Crippen LogP contribution in [0.15, 0.2) is 24.3 Å². The summed E-state index contributed by atoms with van der Waals surface area (Å²) in [6.45, 7) is 0.951. The van der Waals surface area contributed by atoms with Crippen LogP contribution in [0.5, 0.6) is 0 Å². The maximum atomic E-state index is 11.1. The van der Waals surface area contributed by atoms with Gasteiger partial charge in [-0.05, 0) is 17.7 Å². The number of methoxy groups -OCH3 is 1. The molecule has 0 radical (unpaired) electrons. The van der Waals surface area contributed by atoms with Crippen molar-refractivity contribution < 1.29 is 9.53 Å². The number of benzene rings is 1. The van der Waals surface area contributed by atoms with E-state index in [0.717, 1.165) is 12.4 Å². The van der Waals surface area contributed by atoms with Crippen molar-refractivity contribution in [3.8, 4) is 0 Å². The zero-order valence-electron chi connectivity index (χ0n) is 7.90. The van der Waals surface area contributed by atoms with Gasteiger partial charge in [-0.25, -0.2) is 9.10 Å². The van der Waals surface area contributed by atoms with Crippen molar-refractivity contribution in [3.05, 3.63) is 35.4 Å². The molecule has 1 aliphatic rings. The van der Waals surface area contributed by atoms with Gasteiger partial charge < -0.3 is 4.74 Å². The van der Waals surface area contributed by atoms with Gasteiger partial charge in [0.05, 0.1) is 18.6 Å². The Hall–Kier alpha value is -1.00. The predicted molar refractivity (Wildman–Crippen MR) is 55.8 cm³/mol. The minimum absolute atomic E-state index is 0.280. The van der Waals surface area contributed by atoms with Crippen molar-refractivity contribution in [3.63, 3.8) is 0 Å². The second-order valence-corrected chi connectivity index (χ2v) is 4.12. The topological polar surface area (TPSA) is 29.3 Å². The number of esters is 1. The van der Waals surface area contributed by atoms with Gasteiger partial charge in [-0.3, -0.25) is 0 Å². The summed E-state index contributed by atoms with van der Waals surface area (Å²) in [6, 6.07) is 7.53. The molecule has 0 spiro atoms. The monoisotopic (exact) mass is 209 g/mol. The molecule has 3 nitrogen and oxygen atoms in total. The van der Waals surface area contributed by atoms with E-state index >= 15 is 0 Å². The van der Waals surface area contributed by atoms with Gasteiger partial charge in [0.25, 0.3) is 0 Å². The molecule has 0 N–H and O–H groups in total. The van der Waals surface area contributed by atoms with E-state index in [1.165, 1.54) is 12.7 Å². The molecule has 0 aromatic heterocycles. The number of carbonyl (C=O) groups excluding carboxylic acids is 1. The van der Waals surface area contributed by atoms with E-state index in [-0.39, 0.29) is 5.97 Å². The van der Waals surface area contributed by atoms with Crippen LogP contribution >= 0.6 is 11.9 Å². The Morgan fingerprint density at radius 3 is 2.64 bits per heavy atom. The fraction of sp³-hybridized carbons (Fsp3) is 0.300. The fourth-order valence-corrected chi connectivity index (χ4v) is 1.61. The van der Waals surface area contributed by atoms with E-state index in [9.17, 15) is 4.79 Å². The zero-order chi connectivity index (χ0) is 9.97. The Morgan fingerprint density at radius 1 is 1.50 bits per heavy atom. The summed E-state index contributed by atoms with van der Waals surface area (Å²) in [6.07, 6.45) is 0. The molecule has 2 rings (SSSR count). The van der Waals surface area contributed by atoms with E-state index in [1.54, 1.807) is 12.1 Å². The quantitative estimate of drug-likeness (QED) is 0.432. The highest BCUT2D eigenvalue weighted by Crippen LogP contribution is 2.29. The Morgan fingerprint density at radius 2 is 2.14 bits per heavy atom. The molecule has 0 aliphatic carbocycles. The van der Waals surface area contributed by atoms with Crippen molar-refractivity contribution in [1.82, 2.24) is 4.31 Å². The van der Waals surface area contributed by atoms with E-state index in [2.05, 4.69) is 9.04 Å².